The van der Waals surface area contributed by atoms with Gasteiger partial charge >= 0.3 is 5.97 Å². The lowest BCUT2D eigenvalue weighted by Crippen LogP contribution is -1.92. The van der Waals surface area contributed by atoms with Crippen LogP contribution in [-0.2, 0) is 9.53 Å². The van der Waals surface area contributed by atoms with Gasteiger partial charge in [-0.25, -0.2) is 4.79 Å². The van der Waals surface area contributed by atoms with E-state index < -0.39 is 0 Å². The fourth-order valence-corrected chi connectivity index (χ4v) is 0.619. The van der Waals surface area contributed by atoms with Gasteiger partial charge in [0.25, 0.3) is 0 Å². The number of ether oxygens (including phenoxy) is 1. The molecular weight excluding hydrogens is 156 g/mol. The second-order valence-electron chi connectivity index (χ2n) is 2.37. The van der Waals surface area contributed by atoms with Gasteiger partial charge in [0.1, 0.15) is 0 Å². The highest BCUT2D eigenvalue weighted by Gasteiger charge is 1.88. The lowest BCUT2D eigenvalue weighted by molar-refractivity contribution is -0.134. The lowest BCUT2D eigenvalue weighted by atomic mass is 10.2. The average Bonchev–Trinajstić information content (AvgIpc) is 2.04. The summed E-state index contributed by atoms with van der Waals surface area (Å²) in [6.45, 7) is 2.02. The zero-order valence-corrected chi connectivity index (χ0v) is 7.41. The van der Waals surface area contributed by atoms with Gasteiger partial charge < -0.3 is 9.84 Å². The Morgan fingerprint density at radius 1 is 1.58 bits per heavy atom. The van der Waals surface area contributed by atoms with Crippen molar-refractivity contribution in [1.29, 1.82) is 0 Å². The van der Waals surface area contributed by atoms with Crippen LogP contribution in [0.3, 0.4) is 0 Å². The molecule has 3 heteroatoms. The number of hydrogen-bond donors (Lipinski definition) is 1. The molecule has 0 aromatic carbocycles. The summed E-state index contributed by atoms with van der Waals surface area (Å²) in [5.41, 5.74) is 1.03. The molecule has 12 heavy (non-hydrogen) atoms. The van der Waals surface area contributed by atoms with Crippen LogP contribution in [0.25, 0.3) is 0 Å². The Bertz CT molecular complexity index is 192. The maximum Gasteiger partial charge on any atom is 0.330 e. The van der Waals surface area contributed by atoms with Gasteiger partial charge in [-0.3, -0.25) is 0 Å². The highest BCUT2D eigenvalue weighted by atomic mass is 16.5. The number of methoxy groups -OCH3 is 1. The van der Waals surface area contributed by atoms with E-state index in [0.29, 0.717) is 6.42 Å². The summed E-state index contributed by atoms with van der Waals surface area (Å²) in [6.07, 6.45) is 5.34. The molecule has 0 rings (SSSR count). The molecule has 0 aliphatic rings. The molecule has 0 aliphatic heterocycles. The van der Waals surface area contributed by atoms with Crippen LogP contribution in [0, 0.1) is 0 Å². The van der Waals surface area contributed by atoms with Gasteiger partial charge in [-0.05, 0) is 13.3 Å². The van der Waals surface area contributed by atoms with E-state index in [1.54, 1.807) is 12.2 Å². The summed E-state index contributed by atoms with van der Waals surface area (Å²) in [5.74, 6) is -0.372. The van der Waals surface area contributed by atoms with Gasteiger partial charge in [-0.15, -0.1) is 0 Å². The van der Waals surface area contributed by atoms with E-state index in [9.17, 15) is 4.79 Å². The summed E-state index contributed by atoms with van der Waals surface area (Å²) in [5, 5.41) is 8.53. The van der Waals surface area contributed by atoms with E-state index in [1.165, 1.54) is 13.2 Å². The fraction of sp³-hybridized carbons (Fsp3) is 0.444. The van der Waals surface area contributed by atoms with Gasteiger partial charge in [-0.1, -0.05) is 17.7 Å². The van der Waals surface area contributed by atoms with Gasteiger partial charge in [0.15, 0.2) is 0 Å². The van der Waals surface area contributed by atoms with E-state index in [0.717, 1.165) is 5.57 Å². The molecule has 0 amide bonds. The SMILES string of the molecule is COC(=O)/C=C/C=C(/C)CCO. The first kappa shape index (κ1) is 10.9. The third kappa shape index (κ3) is 5.68. The molecule has 0 spiro atoms. The summed E-state index contributed by atoms with van der Waals surface area (Å²) in [4.78, 5) is 10.6. The molecule has 0 aliphatic carbocycles. The predicted molar refractivity (Wildman–Crippen MR) is 46.6 cm³/mol. The van der Waals surface area contributed by atoms with Gasteiger partial charge in [0.05, 0.1) is 7.11 Å². The molecule has 0 atom stereocenters. The number of carbonyl (C=O) groups is 1. The molecule has 0 fully saturated rings. The van der Waals surface area contributed by atoms with E-state index in [-0.39, 0.29) is 12.6 Å². The lowest BCUT2D eigenvalue weighted by Gasteiger charge is -1.92. The number of aliphatic hydroxyl groups excluding tert-OH is 1. The van der Waals surface area contributed by atoms with E-state index >= 15 is 0 Å². The van der Waals surface area contributed by atoms with Gasteiger partial charge in [0, 0.05) is 12.7 Å². The Morgan fingerprint density at radius 2 is 2.25 bits per heavy atom. The zero-order chi connectivity index (χ0) is 9.40. The number of hydrogen-bond acceptors (Lipinski definition) is 3. The maximum absolute atomic E-state index is 10.6. The van der Waals surface area contributed by atoms with Crippen LogP contribution in [0.2, 0.25) is 0 Å². The predicted octanol–water partition coefficient (Wildman–Crippen LogP) is 1.04. The molecule has 0 unspecified atom stereocenters. The number of allylic oxidation sites excluding steroid dienone is 2. The van der Waals surface area contributed by atoms with Crippen LogP contribution in [0.15, 0.2) is 23.8 Å². The van der Waals surface area contributed by atoms with Crippen molar-refractivity contribution in [3.05, 3.63) is 23.8 Å². The maximum atomic E-state index is 10.6. The van der Waals surface area contributed by atoms with Crippen molar-refractivity contribution in [1.82, 2.24) is 0 Å². The van der Waals surface area contributed by atoms with Crippen molar-refractivity contribution in [2.45, 2.75) is 13.3 Å². The summed E-state index contributed by atoms with van der Waals surface area (Å²) >= 11 is 0. The number of aliphatic hydroxyl groups is 1. The van der Waals surface area contributed by atoms with Crippen LogP contribution in [0.5, 0.6) is 0 Å². The molecule has 3 nitrogen and oxygen atoms in total. The molecule has 0 saturated carbocycles. The minimum Gasteiger partial charge on any atom is -0.466 e. The summed E-state index contributed by atoms with van der Waals surface area (Å²) in [7, 11) is 1.33. The normalized spacial score (nSPS) is 12.1. The standard InChI is InChI=1S/C9H14O3/c1-8(6-7-10)4-3-5-9(11)12-2/h3-5,10H,6-7H2,1-2H3/b5-3+,8-4-. The molecule has 1 N–H and O–H groups in total. The molecule has 0 heterocycles. The largest absolute Gasteiger partial charge is 0.466 e. The molecule has 0 bridgehead atoms. The van der Waals surface area contributed by atoms with Crippen molar-refractivity contribution in [2.75, 3.05) is 13.7 Å². The second-order valence-corrected chi connectivity index (χ2v) is 2.37. The van der Waals surface area contributed by atoms with Crippen molar-refractivity contribution in [3.8, 4) is 0 Å². The highest BCUT2D eigenvalue weighted by molar-refractivity contribution is 5.82. The van der Waals surface area contributed by atoms with Crippen LogP contribution < -0.4 is 0 Å². The highest BCUT2D eigenvalue weighted by Crippen LogP contribution is 1.97. The van der Waals surface area contributed by atoms with Crippen molar-refractivity contribution >= 4 is 5.97 Å². The van der Waals surface area contributed by atoms with Crippen LogP contribution >= 0.6 is 0 Å². The number of carbonyl (C=O) groups excluding carboxylic acids is 1. The van der Waals surface area contributed by atoms with Crippen LogP contribution in [0.4, 0.5) is 0 Å². The number of rotatable bonds is 4. The quantitative estimate of drug-likeness (QED) is 0.389. The van der Waals surface area contributed by atoms with Crippen LogP contribution in [0.1, 0.15) is 13.3 Å². The van der Waals surface area contributed by atoms with E-state index in [1.807, 2.05) is 6.92 Å². The van der Waals surface area contributed by atoms with E-state index in [2.05, 4.69) is 4.74 Å². The Labute approximate surface area is 72.3 Å². The summed E-state index contributed by atoms with van der Waals surface area (Å²) < 4.78 is 4.39. The number of esters is 1. The Hall–Kier alpha value is -1.09. The Balaban J connectivity index is 3.85. The van der Waals surface area contributed by atoms with E-state index in [4.69, 9.17) is 5.11 Å². The van der Waals surface area contributed by atoms with Crippen LogP contribution in [-0.4, -0.2) is 24.8 Å². The topological polar surface area (TPSA) is 46.5 Å². The summed E-state index contributed by atoms with van der Waals surface area (Å²) in [6, 6.07) is 0. The molecule has 0 saturated heterocycles. The average molecular weight is 170 g/mol. The minimum absolute atomic E-state index is 0.133. The minimum atomic E-state index is -0.372. The third-order valence-electron chi connectivity index (χ3n) is 1.32. The van der Waals surface area contributed by atoms with Crippen molar-refractivity contribution < 1.29 is 14.6 Å². The third-order valence-corrected chi connectivity index (χ3v) is 1.32. The smallest absolute Gasteiger partial charge is 0.330 e. The molecule has 0 aromatic rings. The van der Waals surface area contributed by atoms with Crippen molar-refractivity contribution in [3.63, 3.8) is 0 Å². The van der Waals surface area contributed by atoms with Gasteiger partial charge in [0.2, 0.25) is 0 Å². The van der Waals surface area contributed by atoms with Gasteiger partial charge in [-0.2, -0.15) is 0 Å². The first-order valence-electron chi connectivity index (χ1n) is 3.73. The Kier molecular flexibility index (Phi) is 6.01. The molecule has 0 radical (unpaired) electrons. The zero-order valence-electron chi connectivity index (χ0n) is 7.41. The monoisotopic (exact) mass is 170 g/mol. The second kappa shape index (κ2) is 6.61. The molecule has 68 valence electrons. The first-order chi connectivity index (χ1) is 5.70. The molecule has 0 aromatic heterocycles. The Morgan fingerprint density at radius 3 is 2.75 bits per heavy atom. The molecular formula is C9H14O3. The van der Waals surface area contributed by atoms with Crippen molar-refractivity contribution in [2.24, 2.45) is 0 Å². The first-order valence-corrected chi connectivity index (χ1v) is 3.73. The fourth-order valence-electron chi connectivity index (χ4n) is 0.619.